The zero-order valence-electron chi connectivity index (χ0n) is 10.1. The van der Waals surface area contributed by atoms with E-state index in [9.17, 15) is 17.6 Å². The standard InChI is InChI=1S/C11H14FNO4S/c1-17-10-4-3-8(7-9(10)12)13-11(14)5-6-18(2,15)16/h3-4,7H,5-6H2,1-2H3,(H,13,14). The molecule has 7 heteroatoms. The lowest BCUT2D eigenvalue weighted by Gasteiger charge is -2.07. The fourth-order valence-corrected chi connectivity index (χ4v) is 1.80. The van der Waals surface area contributed by atoms with Gasteiger partial charge in [-0.1, -0.05) is 0 Å². The number of benzene rings is 1. The number of nitrogens with one attached hydrogen (secondary N) is 1. The lowest BCUT2D eigenvalue weighted by molar-refractivity contribution is -0.115. The highest BCUT2D eigenvalue weighted by Gasteiger charge is 2.09. The molecule has 18 heavy (non-hydrogen) atoms. The number of ether oxygens (including phenoxy) is 1. The SMILES string of the molecule is COc1ccc(NC(=O)CCS(C)(=O)=O)cc1F. The van der Waals surface area contributed by atoms with E-state index in [4.69, 9.17) is 4.74 Å². The van der Waals surface area contributed by atoms with Crippen molar-refractivity contribution in [3.8, 4) is 5.75 Å². The highest BCUT2D eigenvalue weighted by Crippen LogP contribution is 2.20. The van der Waals surface area contributed by atoms with Gasteiger partial charge in [0.05, 0.1) is 12.9 Å². The fourth-order valence-electron chi connectivity index (χ4n) is 1.25. The van der Waals surface area contributed by atoms with E-state index in [1.807, 2.05) is 0 Å². The minimum absolute atomic E-state index is 0.0733. The number of halogens is 1. The smallest absolute Gasteiger partial charge is 0.225 e. The van der Waals surface area contributed by atoms with Crippen molar-refractivity contribution in [1.82, 2.24) is 0 Å². The first-order valence-electron chi connectivity index (χ1n) is 5.13. The summed E-state index contributed by atoms with van der Waals surface area (Å²) in [6.45, 7) is 0. The van der Waals surface area contributed by atoms with Crippen LogP contribution in [-0.2, 0) is 14.6 Å². The van der Waals surface area contributed by atoms with Gasteiger partial charge in [0.1, 0.15) is 9.84 Å². The van der Waals surface area contributed by atoms with Gasteiger partial charge in [0.15, 0.2) is 11.6 Å². The van der Waals surface area contributed by atoms with Crippen molar-refractivity contribution in [2.45, 2.75) is 6.42 Å². The Balaban J connectivity index is 2.62. The number of methoxy groups -OCH3 is 1. The Hall–Kier alpha value is -1.63. The molecule has 0 atom stereocenters. The van der Waals surface area contributed by atoms with Gasteiger partial charge in [-0.3, -0.25) is 4.79 Å². The Kier molecular flexibility index (Phi) is 4.66. The molecule has 0 radical (unpaired) electrons. The van der Waals surface area contributed by atoms with Crippen LogP contribution < -0.4 is 10.1 Å². The van der Waals surface area contributed by atoms with Gasteiger partial charge in [-0.15, -0.1) is 0 Å². The lowest BCUT2D eigenvalue weighted by Crippen LogP contribution is -2.16. The molecule has 0 saturated heterocycles. The summed E-state index contributed by atoms with van der Waals surface area (Å²) >= 11 is 0. The van der Waals surface area contributed by atoms with E-state index in [2.05, 4.69) is 5.32 Å². The predicted molar refractivity (Wildman–Crippen MR) is 65.9 cm³/mol. The zero-order valence-corrected chi connectivity index (χ0v) is 10.9. The third-order valence-electron chi connectivity index (χ3n) is 2.14. The fraction of sp³-hybridized carbons (Fsp3) is 0.364. The average Bonchev–Trinajstić information content (AvgIpc) is 2.26. The van der Waals surface area contributed by atoms with E-state index in [0.717, 1.165) is 12.3 Å². The van der Waals surface area contributed by atoms with Crippen molar-refractivity contribution in [3.63, 3.8) is 0 Å². The van der Waals surface area contributed by atoms with Crippen molar-refractivity contribution in [3.05, 3.63) is 24.0 Å². The van der Waals surface area contributed by atoms with Crippen molar-refractivity contribution >= 4 is 21.4 Å². The van der Waals surface area contributed by atoms with Crippen LogP contribution in [0, 0.1) is 5.82 Å². The molecule has 0 bridgehead atoms. The summed E-state index contributed by atoms with van der Waals surface area (Å²) in [5.41, 5.74) is 0.256. The summed E-state index contributed by atoms with van der Waals surface area (Å²) < 4.78 is 39.8. The van der Waals surface area contributed by atoms with Crippen LogP contribution >= 0.6 is 0 Å². The molecule has 100 valence electrons. The maximum Gasteiger partial charge on any atom is 0.225 e. The van der Waals surface area contributed by atoms with Crippen molar-refractivity contribution < 1.29 is 22.3 Å². The van der Waals surface area contributed by atoms with E-state index in [1.54, 1.807) is 0 Å². The predicted octanol–water partition coefficient (Wildman–Crippen LogP) is 1.21. The maximum absolute atomic E-state index is 13.3. The summed E-state index contributed by atoms with van der Waals surface area (Å²) in [5.74, 6) is -1.25. The van der Waals surface area contributed by atoms with E-state index in [1.165, 1.54) is 19.2 Å². The van der Waals surface area contributed by atoms with Crippen LogP contribution in [0.5, 0.6) is 5.75 Å². The highest BCUT2D eigenvalue weighted by atomic mass is 32.2. The summed E-state index contributed by atoms with van der Waals surface area (Å²) in [7, 11) is -1.85. The zero-order chi connectivity index (χ0) is 13.8. The average molecular weight is 275 g/mol. The number of rotatable bonds is 5. The van der Waals surface area contributed by atoms with Gasteiger partial charge in [-0.25, -0.2) is 12.8 Å². The molecule has 0 fully saturated rings. The number of carbonyl (C=O) groups is 1. The van der Waals surface area contributed by atoms with E-state index in [0.29, 0.717) is 0 Å². The molecule has 0 spiro atoms. The number of anilines is 1. The van der Waals surface area contributed by atoms with Gasteiger partial charge in [0.25, 0.3) is 0 Å². The molecule has 1 rings (SSSR count). The second kappa shape index (κ2) is 5.81. The molecule has 1 N–H and O–H groups in total. The van der Waals surface area contributed by atoms with Gasteiger partial charge < -0.3 is 10.1 Å². The Labute approximate surface area is 105 Å². The van der Waals surface area contributed by atoms with Crippen molar-refractivity contribution in [2.24, 2.45) is 0 Å². The van der Waals surface area contributed by atoms with Gasteiger partial charge in [-0.2, -0.15) is 0 Å². The number of carbonyl (C=O) groups excluding carboxylic acids is 1. The molecule has 0 aliphatic carbocycles. The molecule has 5 nitrogen and oxygen atoms in total. The number of hydrogen-bond acceptors (Lipinski definition) is 4. The first kappa shape index (κ1) is 14.4. The van der Waals surface area contributed by atoms with Gasteiger partial charge in [0, 0.05) is 24.4 Å². The Bertz CT molecular complexity index is 542. The first-order chi connectivity index (χ1) is 8.31. The molecule has 0 aromatic heterocycles. The van der Waals surface area contributed by atoms with Crippen molar-refractivity contribution in [2.75, 3.05) is 24.4 Å². The minimum atomic E-state index is -3.19. The minimum Gasteiger partial charge on any atom is -0.494 e. The van der Waals surface area contributed by atoms with Crippen LogP contribution in [0.15, 0.2) is 18.2 Å². The largest absolute Gasteiger partial charge is 0.494 e. The molecular formula is C11H14FNO4S. The van der Waals surface area contributed by atoms with E-state index < -0.39 is 21.6 Å². The number of hydrogen-bond donors (Lipinski definition) is 1. The third-order valence-corrected chi connectivity index (χ3v) is 3.08. The second-order valence-electron chi connectivity index (χ2n) is 3.78. The van der Waals surface area contributed by atoms with Crippen LogP contribution in [0.4, 0.5) is 10.1 Å². The second-order valence-corrected chi connectivity index (χ2v) is 6.04. The Morgan fingerprint density at radius 3 is 2.61 bits per heavy atom. The van der Waals surface area contributed by atoms with Crippen LogP contribution in [-0.4, -0.2) is 33.4 Å². The molecule has 1 amide bonds. The summed E-state index contributed by atoms with van der Waals surface area (Å²) in [5, 5.41) is 2.41. The Morgan fingerprint density at radius 2 is 2.11 bits per heavy atom. The third kappa shape index (κ3) is 4.70. The lowest BCUT2D eigenvalue weighted by atomic mass is 10.3. The van der Waals surface area contributed by atoms with Crippen LogP contribution in [0.2, 0.25) is 0 Å². The monoisotopic (exact) mass is 275 g/mol. The van der Waals surface area contributed by atoms with Gasteiger partial charge >= 0.3 is 0 Å². The molecule has 1 aromatic carbocycles. The Morgan fingerprint density at radius 1 is 1.44 bits per heavy atom. The van der Waals surface area contributed by atoms with Gasteiger partial charge in [-0.05, 0) is 12.1 Å². The summed E-state index contributed by atoms with van der Waals surface area (Å²) in [6, 6.07) is 3.96. The number of amides is 1. The topological polar surface area (TPSA) is 72.5 Å². The van der Waals surface area contributed by atoms with Gasteiger partial charge in [0.2, 0.25) is 5.91 Å². The summed E-state index contributed by atoms with van der Waals surface area (Å²) in [6.07, 6.45) is 0.889. The van der Waals surface area contributed by atoms with Crippen LogP contribution in [0.1, 0.15) is 6.42 Å². The summed E-state index contributed by atoms with van der Waals surface area (Å²) in [4.78, 5) is 11.4. The van der Waals surface area contributed by atoms with E-state index >= 15 is 0 Å². The first-order valence-corrected chi connectivity index (χ1v) is 7.19. The quantitative estimate of drug-likeness (QED) is 0.876. The molecule has 0 aliphatic rings. The molecule has 1 aromatic rings. The van der Waals surface area contributed by atoms with Crippen molar-refractivity contribution in [1.29, 1.82) is 0 Å². The molecule has 0 saturated carbocycles. The maximum atomic E-state index is 13.3. The highest BCUT2D eigenvalue weighted by molar-refractivity contribution is 7.90. The normalized spacial score (nSPS) is 11.1. The number of sulfone groups is 1. The van der Waals surface area contributed by atoms with Crippen LogP contribution in [0.25, 0.3) is 0 Å². The van der Waals surface area contributed by atoms with E-state index in [-0.39, 0.29) is 23.6 Å². The van der Waals surface area contributed by atoms with Crippen LogP contribution in [0.3, 0.4) is 0 Å². The molecule has 0 aliphatic heterocycles. The molecule has 0 unspecified atom stereocenters. The molecular weight excluding hydrogens is 261 g/mol. The molecule has 0 heterocycles.